The van der Waals surface area contributed by atoms with E-state index in [1.807, 2.05) is 13.8 Å². The first-order valence-electron chi connectivity index (χ1n) is 5.87. The number of amides is 1. The van der Waals surface area contributed by atoms with E-state index < -0.39 is 0 Å². The van der Waals surface area contributed by atoms with Crippen LogP contribution in [0.1, 0.15) is 29.3 Å². The summed E-state index contributed by atoms with van der Waals surface area (Å²) in [5, 5.41) is 2.99. The Bertz CT molecular complexity index is 431. The molecule has 3 N–H and O–H groups in total. The van der Waals surface area contributed by atoms with Crippen LogP contribution in [0.15, 0.2) is 18.2 Å². The average Bonchev–Trinajstić information content (AvgIpc) is 2.68. The third-order valence-corrected chi connectivity index (χ3v) is 3.31. The molecule has 1 fully saturated rings. The summed E-state index contributed by atoms with van der Waals surface area (Å²) in [5.41, 5.74) is 7.91. The van der Waals surface area contributed by atoms with Crippen molar-refractivity contribution in [3.8, 4) is 0 Å². The van der Waals surface area contributed by atoms with Gasteiger partial charge in [0.2, 0.25) is 0 Å². The zero-order valence-electron chi connectivity index (χ0n) is 10.2. The lowest BCUT2D eigenvalue weighted by Crippen LogP contribution is -2.39. The van der Waals surface area contributed by atoms with Gasteiger partial charge < -0.3 is 15.8 Å². The van der Waals surface area contributed by atoms with E-state index in [-0.39, 0.29) is 18.1 Å². The zero-order chi connectivity index (χ0) is 12.4. The average molecular weight is 234 g/mol. The first-order chi connectivity index (χ1) is 8.09. The SMILES string of the molecule is Cc1c(N)cccc1C(=O)NC1CCOC1C. The summed E-state index contributed by atoms with van der Waals surface area (Å²) in [5.74, 6) is -0.0721. The fourth-order valence-corrected chi connectivity index (χ4v) is 2.07. The van der Waals surface area contributed by atoms with Crippen LogP contribution in [0.3, 0.4) is 0 Å². The molecule has 2 atom stereocenters. The molecular formula is C13H18N2O2. The topological polar surface area (TPSA) is 64.4 Å². The summed E-state index contributed by atoms with van der Waals surface area (Å²) in [6, 6.07) is 5.49. The number of carbonyl (C=O) groups excluding carboxylic acids is 1. The molecule has 1 amide bonds. The highest BCUT2D eigenvalue weighted by Gasteiger charge is 2.26. The molecule has 92 valence electrons. The van der Waals surface area contributed by atoms with E-state index in [0.717, 1.165) is 12.0 Å². The highest BCUT2D eigenvalue weighted by atomic mass is 16.5. The molecule has 0 aromatic heterocycles. The molecule has 2 unspecified atom stereocenters. The lowest BCUT2D eigenvalue weighted by atomic mass is 10.1. The van der Waals surface area contributed by atoms with Gasteiger partial charge in [0, 0.05) is 17.9 Å². The molecular weight excluding hydrogens is 216 g/mol. The van der Waals surface area contributed by atoms with Gasteiger partial charge in [0.25, 0.3) is 5.91 Å². The van der Waals surface area contributed by atoms with Gasteiger partial charge in [-0.05, 0) is 38.0 Å². The second-order valence-corrected chi connectivity index (χ2v) is 4.46. The summed E-state index contributed by atoms with van der Waals surface area (Å²) in [6.45, 7) is 4.55. The maximum Gasteiger partial charge on any atom is 0.251 e. The van der Waals surface area contributed by atoms with Gasteiger partial charge in [0.1, 0.15) is 0 Å². The molecule has 1 aliphatic rings. The number of rotatable bonds is 2. The summed E-state index contributed by atoms with van der Waals surface area (Å²) in [4.78, 5) is 12.1. The Labute approximate surface area is 101 Å². The Morgan fingerprint density at radius 1 is 1.53 bits per heavy atom. The molecule has 0 spiro atoms. The number of hydrogen-bond acceptors (Lipinski definition) is 3. The predicted octanol–water partition coefficient (Wildman–Crippen LogP) is 1.48. The van der Waals surface area contributed by atoms with Crippen molar-refractivity contribution in [2.75, 3.05) is 12.3 Å². The van der Waals surface area contributed by atoms with Gasteiger partial charge in [-0.1, -0.05) is 6.07 Å². The van der Waals surface area contributed by atoms with Crippen molar-refractivity contribution < 1.29 is 9.53 Å². The molecule has 0 saturated carbocycles. The van der Waals surface area contributed by atoms with Gasteiger partial charge in [-0.25, -0.2) is 0 Å². The fourth-order valence-electron chi connectivity index (χ4n) is 2.07. The smallest absolute Gasteiger partial charge is 0.251 e. The quantitative estimate of drug-likeness (QED) is 0.762. The summed E-state index contributed by atoms with van der Waals surface area (Å²) < 4.78 is 5.42. The van der Waals surface area contributed by atoms with Crippen LogP contribution in [0.5, 0.6) is 0 Å². The zero-order valence-corrected chi connectivity index (χ0v) is 10.2. The van der Waals surface area contributed by atoms with Crippen molar-refractivity contribution in [2.24, 2.45) is 0 Å². The molecule has 0 radical (unpaired) electrons. The Balaban J connectivity index is 2.12. The van der Waals surface area contributed by atoms with Gasteiger partial charge in [-0.2, -0.15) is 0 Å². The summed E-state index contributed by atoms with van der Waals surface area (Å²) in [6.07, 6.45) is 0.953. The van der Waals surface area contributed by atoms with E-state index in [4.69, 9.17) is 10.5 Å². The van der Waals surface area contributed by atoms with Crippen molar-refractivity contribution in [1.29, 1.82) is 0 Å². The largest absolute Gasteiger partial charge is 0.398 e. The molecule has 17 heavy (non-hydrogen) atoms. The van der Waals surface area contributed by atoms with Crippen molar-refractivity contribution in [1.82, 2.24) is 5.32 Å². The molecule has 0 bridgehead atoms. The molecule has 1 aromatic rings. The van der Waals surface area contributed by atoms with Crippen molar-refractivity contribution >= 4 is 11.6 Å². The summed E-state index contributed by atoms with van der Waals surface area (Å²) >= 11 is 0. The van der Waals surface area contributed by atoms with E-state index in [9.17, 15) is 4.79 Å². The normalized spacial score (nSPS) is 23.6. The van der Waals surface area contributed by atoms with Crippen LogP contribution in [0, 0.1) is 6.92 Å². The van der Waals surface area contributed by atoms with Crippen LogP contribution in [-0.4, -0.2) is 24.7 Å². The molecule has 1 aliphatic heterocycles. The summed E-state index contributed by atoms with van der Waals surface area (Å²) in [7, 11) is 0. The first kappa shape index (κ1) is 11.9. The number of nitrogen functional groups attached to an aromatic ring is 1. The minimum atomic E-state index is -0.0721. The highest BCUT2D eigenvalue weighted by Crippen LogP contribution is 2.17. The molecule has 0 aliphatic carbocycles. The van der Waals surface area contributed by atoms with Crippen LogP contribution < -0.4 is 11.1 Å². The molecule has 2 rings (SSSR count). The number of anilines is 1. The van der Waals surface area contributed by atoms with E-state index >= 15 is 0 Å². The first-order valence-corrected chi connectivity index (χ1v) is 5.87. The Morgan fingerprint density at radius 2 is 2.29 bits per heavy atom. The Kier molecular flexibility index (Phi) is 3.33. The molecule has 4 nitrogen and oxygen atoms in total. The van der Waals surface area contributed by atoms with Crippen LogP contribution in [-0.2, 0) is 4.74 Å². The van der Waals surface area contributed by atoms with E-state index in [1.54, 1.807) is 18.2 Å². The number of carbonyl (C=O) groups is 1. The molecule has 1 aromatic carbocycles. The van der Waals surface area contributed by atoms with Crippen LogP contribution >= 0.6 is 0 Å². The standard InChI is InChI=1S/C13H18N2O2/c1-8-10(4-3-5-11(8)14)13(16)15-12-6-7-17-9(12)2/h3-5,9,12H,6-7,14H2,1-2H3,(H,15,16). The van der Waals surface area contributed by atoms with Crippen molar-refractivity contribution in [3.05, 3.63) is 29.3 Å². The third-order valence-electron chi connectivity index (χ3n) is 3.31. The number of nitrogens with one attached hydrogen (secondary N) is 1. The minimum absolute atomic E-state index is 0.0721. The maximum atomic E-state index is 12.1. The fraction of sp³-hybridized carbons (Fsp3) is 0.462. The van der Waals surface area contributed by atoms with Gasteiger partial charge >= 0.3 is 0 Å². The van der Waals surface area contributed by atoms with Gasteiger partial charge in [0.15, 0.2) is 0 Å². The molecule has 1 saturated heterocycles. The van der Waals surface area contributed by atoms with Crippen LogP contribution in [0.25, 0.3) is 0 Å². The van der Waals surface area contributed by atoms with Crippen LogP contribution in [0.4, 0.5) is 5.69 Å². The lowest BCUT2D eigenvalue weighted by Gasteiger charge is -2.17. The maximum absolute atomic E-state index is 12.1. The molecule has 4 heteroatoms. The second-order valence-electron chi connectivity index (χ2n) is 4.46. The Hall–Kier alpha value is -1.55. The van der Waals surface area contributed by atoms with E-state index in [2.05, 4.69) is 5.32 Å². The third kappa shape index (κ3) is 2.42. The van der Waals surface area contributed by atoms with Gasteiger partial charge in [-0.15, -0.1) is 0 Å². The minimum Gasteiger partial charge on any atom is -0.398 e. The van der Waals surface area contributed by atoms with Crippen molar-refractivity contribution in [3.63, 3.8) is 0 Å². The Morgan fingerprint density at radius 3 is 2.94 bits per heavy atom. The highest BCUT2D eigenvalue weighted by molar-refractivity contribution is 5.97. The van der Waals surface area contributed by atoms with Crippen LogP contribution in [0.2, 0.25) is 0 Å². The molecule has 1 heterocycles. The number of nitrogens with two attached hydrogens (primary N) is 1. The number of ether oxygens (including phenoxy) is 1. The van der Waals surface area contributed by atoms with E-state index in [1.165, 1.54) is 0 Å². The van der Waals surface area contributed by atoms with E-state index in [0.29, 0.717) is 17.9 Å². The van der Waals surface area contributed by atoms with Gasteiger partial charge in [-0.3, -0.25) is 4.79 Å². The van der Waals surface area contributed by atoms with Gasteiger partial charge in [0.05, 0.1) is 12.1 Å². The van der Waals surface area contributed by atoms with Crippen molar-refractivity contribution in [2.45, 2.75) is 32.4 Å². The predicted molar refractivity (Wildman–Crippen MR) is 66.9 cm³/mol. The number of benzene rings is 1. The second kappa shape index (κ2) is 4.75. The monoisotopic (exact) mass is 234 g/mol. The number of hydrogen-bond donors (Lipinski definition) is 2. The lowest BCUT2D eigenvalue weighted by molar-refractivity contribution is 0.0865.